The van der Waals surface area contributed by atoms with Gasteiger partial charge < -0.3 is 14.6 Å². The third-order valence-corrected chi connectivity index (χ3v) is 7.28. The lowest BCUT2D eigenvalue weighted by Crippen LogP contribution is -2.29. The minimum atomic E-state index is -1.01. The molecule has 2 heterocycles. The normalized spacial score (nSPS) is 16.5. The van der Waals surface area contributed by atoms with Gasteiger partial charge in [0.25, 0.3) is 5.78 Å². The highest BCUT2D eigenvalue weighted by molar-refractivity contribution is 7.17. The number of aliphatic hydroxyl groups is 1. The molecule has 38 heavy (non-hydrogen) atoms. The molecule has 1 fully saturated rings. The van der Waals surface area contributed by atoms with Gasteiger partial charge in [0.1, 0.15) is 23.0 Å². The van der Waals surface area contributed by atoms with Crippen molar-refractivity contribution in [2.24, 2.45) is 0 Å². The topological polar surface area (TPSA) is 106 Å². The number of aliphatic hydroxyl groups excluding tert-OH is 1. The van der Waals surface area contributed by atoms with E-state index >= 15 is 0 Å². The third kappa shape index (κ3) is 5.07. The van der Waals surface area contributed by atoms with E-state index in [1.54, 1.807) is 69.3 Å². The molecule has 1 N–H and O–H groups in total. The van der Waals surface area contributed by atoms with Crippen LogP contribution >= 0.6 is 22.9 Å². The van der Waals surface area contributed by atoms with Gasteiger partial charge in [0, 0.05) is 10.6 Å². The molecule has 8 nitrogen and oxygen atoms in total. The van der Waals surface area contributed by atoms with E-state index in [4.69, 9.17) is 21.1 Å². The highest BCUT2D eigenvalue weighted by Gasteiger charge is 2.48. The fraction of sp³-hybridized carbons (Fsp3) is 0.214. The summed E-state index contributed by atoms with van der Waals surface area (Å²) in [5, 5.41) is 12.0. The summed E-state index contributed by atoms with van der Waals surface area (Å²) >= 11 is 7.04. The van der Waals surface area contributed by atoms with Crippen molar-refractivity contribution in [3.63, 3.8) is 0 Å². The van der Waals surface area contributed by atoms with Gasteiger partial charge in [-0.2, -0.15) is 0 Å². The average molecular weight is 553 g/mol. The number of amides is 1. The van der Waals surface area contributed by atoms with Crippen molar-refractivity contribution in [2.75, 3.05) is 18.1 Å². The summed E-state index contributed by atoms with van der Waals surface area (Å²) in [5.74, 6) is -2.07. The smallest absolute Gasteiger partial charge is 0.350 e. The number of rotatable bonds is 8. The van der Waals surface area contributed by atoms with E-state index in [1.165, 1.54) is 4.90 Å². The molecule has 0 unspecified atom stereocenters. The Morgan fingerprint density at radius 3 is 2.55 bits per heavy atom. The van der Waals surface area contributed by atoms with Crippen LogP contribution in [0.15, 0.2) is 60.7 Å². The zero-order chi connectivity index (χ0) is 27.6. The molecular formula is C28H25ClN2O6S. The van der Waals surface area contributed by atoms with E-state index in [0.717, 1.165) is 16.9 Å². The second-order valence-electron chi connectivity index (χ2n) is 8.43. The van der Waals surface area contributed by atoms with Crippen molar-refractivity contribution in [1.29, 1.82) is 0 Å². The number of ether oxygens (including phenoxy) is 2. The standard InChI is InChI=1S/C28H25ClN2O6S/c1-5-13-37-20-12-9-18(14-15(20)3)23(32)21-22(17-7-10-19(29)11-8-17)31(26(34)24(21)33)28-30-16(4)25(38-28)27(35)36-6-2/h5,7-12,14,22,32H,1,6,13H2,2-4H3/t22-/m1/s1. The van der Waals surface area contributed by atoms with Crippen molar-refractivity contribution in [3.05, 3.63) is 93.0 Å². The van der Waals surface area contributed by atoms with Crippen molar-refractivity contribution >= 4 is 51.5 Å². The fourth-order valence-corrected chi connectivity index (χ4v) is 5.24. The monoisotopic (exact) mass is 552 g/mol. The van der Waals surface area contributed by atoms with Gasteiger partial charge in [-0.3, -0.25) is 14.5 Å². The Morgan fingerprint density at radius 2 is 1.92 bits per heavy atom. The van der Waals surface area contributed by atoms with Crippen LogP contribution in [0.4, 0.5) is 5.13 Å². The maximum atomic E-state index is 13.4. The van der Waals surface area contributed by atoms with Gasteiger partial charge in [-0.1, -0.05) is 47.7 Å². The molecule has 1 aromatic heterocycles. The van der Waals surface area contributed by atoms with Gasteiger partial charge in [-0.05, 0) is 62.2 Å². The summed E-state index contributed by atoms with van der Waals surface area (Å²) < 4.78 is 10.7. The predicted octanol–water partition coefficient (Wildman–Crippen LogP) is 5.78. The summed E-state index contributed by atoms with van der Waals surface area (Å²) in [6.45, 7) is 9.24. The predicted molar refractivity (Wildman–Crippen MR) is 146 cm³/mol. The van der Waals surface area contributed by atoms with E-state index in [2.05, 4.69) is 11.6 Å². The molecule has 1 aliphatic rings. The van der Waals surface area contributed by atoms with E-state index < -0.39 is 23.7 Å². The number of aryl methyl sites for hydroxylation is 2. The highest BCUT2D eigenvalue weighted by atomic mass is 35.5. The molecule has 1 saturated heterocycles. The molecule has 3 aromatic rings. The largest absolute Gasteiger partial charge is 0.507 e. The molecular weight excluding hydrogens is 528 g/mol. The van der Waals surface area contributed by atoms with Crippen LogP contribution in [0.3, 0.4) is 0 Å². The van der Waals surface area contributed by atoms with E-state index in [0.29, 0.717) is 34.2 Å². The zero-order valence-corrected chi connectivity index (χ0v) is 22.6. The summed E-state index contributed by atoms with van der Waals surface area (Å²) in [7, 11) is 0. The second kappa shape index (κ2) is 11.2. The van der Waals surface area contributed by atoms with Crippen LogP contribution in [-0.4, -0.2) is 41.0 Å². The number of ketones is 1. The zero-order valence-electron chi connectivity index (χ0n) is 21.0. The molecule has 0 spiro atoms. The molecule has 10 heteroatoms. The summed E-state index contributed by atoms with van der Waals surface area (Å²) in [5.41, 5.74) is 1.85. The summed E-state index contributed by atoms with van der Waals surface area (Å²) in [6, 6.07) is 10.5. The van der Waals surface area contributed by atoms with E-state index in [9.17, 15) is 19.5 Å². The number of carbonyl (C=O) groups excluding carboxylic acids is 3. The number of aromatic nitrogens is 1. The van der Waals surface area contributed by atoms with Gasteiger partial charge in [-0.25, -0.2) is 9.78 Å². The van der Waals surface area contributed by atoms with E-state index in [1.807, 2.05) is 0 Å². The first-order chi connectivity index (χ1) is 18.2. The molecule has 196 valence electrons. The van der Waals surface area contributed by atoms with E-state index in [-0.39, 0.29) is 27.9 Å². The Kier molecular flexibility index (Phi) is 7.99. The minimum absolute atomic E-state index is 0.109. The van der Waals surface area contributed by atoms with Crippen molar-refractivity contribution in [2.45, 2.75) is 26.8 Å². The first-order valence-corrected chi connectivity index (χ1v) is 12.9. The van der Waals surface area contributed by atoms with Crippen molar-refractivity contribution in [1.82, 2.24) is 4.98 Å². The van der Waals surface area contributed by atoms with Crippen LogP contribution in [0, 0.1) is 13.8 Å². The van der Waals surface area contributed by atoms with Gasteiger partial charge in [0.2, 0.25) is 0 Å². The fourth-order valence-electron chi connectivity index (χ4n) is 4.12. The average Bonchev–Trinajstić information content (AvgIpc) is 3.40. The Hall–Kier alpha value is -3.95. The van der Waals surface area contributed by atoms with Crippen molar-refractivity contribution in [3.8, 4) is 5.75 Å². The van der Waals surface area contributed by atoms with Gasteiger partial charge in [-0.15, -0.1) is 0 Å². The van der Waals surface area contributed by atoms with Gasteiger partial charge in [0.15, 0.2) is 5.13 Å². The highest BCUT2D eigenvalue weighted by Crippen LogP contribution is 2.44. The van der Waals surface area contributed by atoms with Crippen LogP contribution in [0.1, 0.15) is 45.0 Å². The Morgan fingerprint density at radius 1 is 1.21 bits per heavy atom. The minimum Gasteiger partial charge on any atom is -0.507 e. The Balaban J connectivity index is 1.87. The van der Waals surface area contributed by atoms with Crippen LogP contribution in [0.2, 0.25) is 5.02 Å². The van der Waals surface area contributed by atoms with Crippen LogP contribution in [0.5, 0.6) is 5.75 Å². The van der Waals surface area contributed by atoms with Crippen LogP contribution in [-0.2, 0) is 14.3 Å². The molecule has 4 rings (SSSR count). The number of esters is 1. The number of anilines is 1. The Bertz CT molecular complexity index is 1460. The number of hydrogen-bond acceptors (Lipinski definition) is 8. The van der Waals surface area contributed by atoms with Gasteiger partial charge in [0.05, 0.1) is 23.9 Å². The lowest BCUT2D eigenvalue weighted by molar-refractivity contribution is -0.132. The molecule has 1 aliphatic heterocycles. The molecule has 1 amide bonds. The number of halogens is 1. The molecule has 0 saturated carbocycles. The summed E-state index contributed by atoms with van der Waals surface area (Å²) in [6.07, 6.45) is 1.62. The van der Waals surface area contributed by atoms with Crippen LogP contribution in [0.25, 0.3) is 5.76 Å². The molecule has 2 aromatic carbocycles. The summed E-state index contributed by atoms with van der Waals surface area (Å²) in [4.78, 5) is 45.0. The quantitative estimate of drug-likeness (QED) is 0.124. The molecule has 0 bridgehead atoms. The number of Topliss-reactive ketones (excluding diaryl/α,β-unsaturated/α-hetero) is 1. The maximum Gasteiger partial charge on any atom is 0.350 e. The number of carbonyl (C=O) groups is 3. The molecule has 0 aliphatic carbocycles. The number of thiazole rings is 1. The third-order valence-electron chi connectivity index (χ3n) is 5.89. The number of hydrogen-bond donors (Lipinski definition) is 1. The van der Waals surface area contributed by atoms with Crippen molar-refractivity contribution < 1.29 is 29.0 Å². The second-order valence-corrected chi connectivity index (χ2v) is 9.85. The van der Waals surface area contributed by atoms with Gasteiger partial charge >= 0.3 is 11.9 Å². The Labute approximate surface area is 228 Å². The lowest BCUT2D eigenvalue weighted by atomic mass is 9.95. The molecule has 1 atom stereocenters. The van der Waals surface area contributed by atoms with Crippen LogP contribution < -0.4 is 9.64 Å². The number of benzene rings is 2. The first-order valence-electron chi connectivity index (χ1n) is 11.7. The SMILES string of the molecule is C=CCOc1ccc(C(O)=C2C(=O)C(=O)N(c3nc(C)c(C(=O)OCC)s3)[C@@H]2c2ccc(Cl)cc2)cc1C. The maximum absolute atomic E-state index is 13.4. The first kappa shape index (κ1) is 27.1. The lowest BCUT2D eigenvalue weighted by Gasteiger charge is -2.23. The molecule has 0 radical (unpaired) electrons. The number of nitrogens with zero attached hydrogens (tertiary/aromatic N) is 2.